The highest BCUT2D eigenvalue weighted by Gasteiger charge is 2.22. The van der Waals surface area contributed by atoms with E-state index in [2.05, 4.69) is 20.4 Å². The summed E-state index contributed by atoms with van der Waals surface area (Å²) < 4.78 is 1.33. The van der Waals surface area contributed by atoms with Crippen LogP contribution in [-0.2, 0) is 0 Å². The molecule has 3 N–H and O–H groups in total. The number of aryl methyl sites for hydroxylation is 3. The number of fused-ring (bicyclic) bond motifs is 1. The molecule has 7 nitrogen and oxygen atoms in total. The van der Waals surface area contributed by atoms with Gasteiger partial charge in [-0.3, -0.25) is 14.7 Å². The lowest BCUT2D eigenvalue weighted by molar-refractivity contribution is 0.102. The highest BCUT2D eigenvalue weighted by atomic mass is 16.2. The quantitative estimate of drug-likeness (QED) is 0.523. The number of carbonyl (C=O) groups excluding carboxylic acids is 1. The Labute approximate surface area is 155 Å². The molecule has 136 valence electrons. The van der Waals surface area contributed by atoms with E-state index < -0.39 is 11.5 Å². The second-order valence-electron chi connectivity index (χ2n) is 6.56. The normalized spacial score (nSPS) is 11.1. The largest absolute Gasteiger partial charge is 0.348 e. The topological polar surface area (TPSA) is 95.0 Å². The molecule has 0 aliphatic heterocycles. The number of benzene rings is 1. The summed E-state index contributed by atoms with van der Waals surface area (Å²) in [6.45, 7) is 5.47. The van der Waals surface area contributed by atoms with Gasteiger partial charge in [0.05, 0.1) is 5.69 Å². The van der Waals surface area contributed by atoms with E-state index >= 15 is 0 Å². The number of rotatable bonds is 3. The summed E-state index contributed by atoms with van der Waals surface area (Å²) in [6.07, 6.45) is 1.78. The Hall–Kier alpha value is -3.61. The second kappa shape index (κ2) is 6.28. The smallest absolute Gasteiger partial charge is 0.285 e. The van der Waals surface area contributed by atoms with Gasteiger partial charge in [0, 0.05) is 17.5 Å². The molecule has 0 saturated carbocycles. The van der Waals surface area contributed by atoms with Crippen molar-refractivity contribution in [1.82, 2.24) is 19.6 Å². The maximum Gasteiger partial charge on any atom is 0.285 e. The summed E-state index contributed by atoms with van der Waals surface area (Å²) in [5, 5.41) is 5.75. The molecule has 0 aliphatic rings. The van der Waals surface area contributed by atoms with Gasteiger partial charge in [-0.05, 0) is 38.0 Å². The van der Waals surface area contributed by atoms with E-state index in [1.54, 1.807) is 19.2 Å². The number of H-pyrrole nitrogens is 2. The molecule has 3 aromatic heterocycles. The maximum absolute atomic E-state index is 13.0. The third-order valence-electron chi connectivity index (χ3n) is 4.51. The highest BCUT2D eigenvalue weighted by molar-refractivity contribution is 6.04. The second-order valence-corrected chi connectivity index (χ2v) is 6.56. The molecule has 0 aliphatic carbocycles. The average molecular weight is 361 g/mol. The number of amides is 1. The molecule has 0 bridgehead atoms. The number of nitrogens with zero attached hydrogens (tertiary/aromatic N) is 2. The van der Waals surface area contributed by atoms with Crippen LogP contribution in [0.25, 0.3) is 16.8 Å². The number of nitrogens with one attached hydrogen (secondary N) is 3. The van der Waals surface area contributed by atoms with Crippen molar-refractivity contribution in [2.75, 3.05) is 5.32 Å². The molecule has 0 atom stereocenters. The zero-order valence-electron chi connectivity index (χ0n) is 15.3. The molecule has 0 fully saturated rings. The fourth-order valence-corrected chi connectivity index (χ4v) is 3.26. The molecule has 0 unspecified atom stereocenters. The van der Waals surface area contributed by atoms with Gasteiger partial charge >= 0.3 is 0 Å². The van der Waals surface area contributed by atoms with Gasteiger partial charge < -0.3 is 10.3 Å². The standard InChI is InChI=1S/C20H19N5O2/c1-11-9-15(21-10-11)23-19(26)17-12(2)22-18-16(14-7-5-4-6-8-14)13(3)24-25(18)20(17)27/h4-10,21,24H,1-3H3,(H,23,26). The lowest BCUT2D eigenvalue weighted by Gasteiger charge is -2.07. The molecule has 3 heterocycles. The zero-order valence-corrected chi connectivity index (χ0v) is 15.3. The van der Waals surface area contributed by atoms with Crippen LogP contribution in [0, 0.1) is 20.8 Å². The summed E-state index contributed by atoms with van der Waals surface area (Å²) in [7, 11) is 0. The first kappa shape index (κ1) is 16.8. The van der Waals surface area contributed by atoms with Gasteiger partial charge in [0.15, 0.2) is 5.65 Å². The molecule has 0 spiro atoms. The SMILES string of the molecule is Cc1c[nH]c(NC(=O)c2c(C)nc3c(-c4ccccc4)c(C)[nH]n3c2=O)c1. The zero-order chi connectivity index (χ0) is 19.1. The Morgan fingerprint density at radius 1 is 1.15 bits per heavy atom. The maximum atomic E-state index is 13.0. The van der Waals surface area contributed by atoms with Crippen LogP contribution in [0.5, 0.6) is 0 Å². The van der Waals surface area contributed by atoms with E-state index in [0.29, 0.717) is 17.2 Å². The van der Waals surface area contributed by atoms with Crippen molar-refractivity contribution in [2.24, 2.45) is 0 Å². The summed E-state index contributed by atoms with van der Waals surface area (Å²) in [5.41, 5.74) is 4.08. The van der Waals surface area contributed by atoms with Crippen molar-refractivity contribution >= 4 is 17.4 Å². The number of aromatic amines is 2. The fraction of sp³-hybridized carbons (Fsp3) is 0.150. The monoisotopic (exact) mass is 361 g/mol. The highest BCUT2D eigenvalue weighted by Crippen LogP contribution is 2.26. The van der Waals surface area contributed by atoms with Crippen LogP contribution in [0.2, 0.25) is 0 Å². The van der Waals surface area contributed by atoms with Crippen LogP contribution in [0.4, 0.5) is 5.82 Å². The summed E-state index contributed by atoms with van der Waals surface area (Å²) in [5.74, 6) is 0.0452. The van der Waals surface area contributed by atoms with E-state index in [4.69, 9.17) is 0 Å². The number of hydrogen-bond donors (Lipinski definition) is 3. The number of anilines is 1. The molecular formula is C20H19N5O2. The molecule has 7 heteroatoms. The molecular weight excluding hydrogens is 342 g/mol. The molecule has 27 heavy (non-hydrogen) atoms. The minimum atomic E-state index is -0.491. The third kappa shape index (κ3) is 2.83. The van der Waals surface area contributed by atoms with Gasteiger partial charge in [-0.1, -0.05) is 30.3 Å². The Morgan fingerprint density at radius 2 is 1.89 bits per heavy atom. The van der Waals surface area contributed by atoms with Gasteiger partial charge in [-0.2, -0.15) is 0 Å². The first-order chi connectivity index (χ1) is 13.0. The lowest BCUT2D eigenvalue weighted by atomic mass is 10.1. The predicted octanol–water partition coefficient (Wildman–Crippen LogP) is 3.20. The van der Waals surface area contributed by atoms with Crippen LogP contribution >= 0.6 is 0 Å². The van der Waals surface area contributed by atoms with Crippen LogP contribution in [0.3, 0.4) is 0 Å². The molecule has 0 saturated heterocycles. The van der Waals surface area contributed by atoms with Crippen molar-refractivity contribution in [3.8, 4) is 11.1 Å². The minimum Gasteiger partial charge on any atom is -0.348 e. The molecule has 0 radical (unpaired) electrons. The van der Waals surface area contributed by atoms with Gasteiger partial charge in [-0.25, -0.2) is 9.50 Å². The van der Waals surface area contributed by atoms with Crippen molar-refractivity contribution < 1.29 is 4.79 Å². The Balaban J connectivity index is 1.85. The summed E-state index contributed by atoms with van der Waals surface area (Å²) >= 11 is 0. The van der Waals surface area contributed by atoms with Gasteiger partial charge in [-0.15, -0.1) is 0 Å². The average Bonchev–Trinajstić information content (AvgIpc) is 3.18. The molecule has 4 rings (SSSR count). The number of carbonyl (C=O) groups is 1. The van der Waals surface area contributed by atoms with E-state index in [1.165, 1.54) is 4.52 Å². The van der Waals surface area contributed by atoms with E-state index in [9.17, 15) is 9.59 Å². The molecule has 1 aromatic carbocycles. The van der Waals surface area contributed by atoms with Crippen molar-refractivity contribution in [3.05, 3.63) is 75.5 Å². The fourth-order valence-electron chi connectivity index (χ4n) is 3.26. The Bertz CT molecular complexity index is 1210. The van der Waals surface area contributed by atoms with E-state index in [0.717, 1.165) is 22.4 Å². The molecule has 4 aromatic rings. The van der Waals surface area contributed by atoms with Gasteiger partial charge in [0.2, 0.25) is 0 Å². The minimum absolute atomic E-state index is 0.0145. The van der Waals surface area contributed by atoms with Crippen LogP contribution in [-0.4, -0.2) is 25.5 Å². The summed E-state index contributed by atoms with van der Waals surface area (Å²) in [6, 6.07) is 11.5. The van der Waals surface area contributed by atoms with Crippen molar-refractivity contribution in [2.45, 2.75) is 20.8 Å². The van der Waals surface area contributed by atoms with Crippen LogP contribution in [0.1, 0.15) is 27.3 Å². The van der Waals surface area contributed by atoms with Crippen LogP contribution < -0.4 is 10.9 Å². The number of hydrogen-bond acceptors (Lipinski definition) is 3. The number of aromatic nitrogens is 4. The van der Waals surface area contributed by atoms with Crippen molar-refractivity contribution in [1.29, 1.82) is 0 Å². The lowest BCUT2D eigenvalue weighted by Crippen LogP contribution is -2.29. The van der Waals surface area contributed by atoms with Gasteiger partial charge in [0.25, 0.3) is 11.5 Å². The predicted molar refractivity (Wildman–Crippen MR) is 104 cm³/mol. The third-order valence-corrected chi connectivity index (χ3v) is 4.51. The first-order valence-electron chi connectivity index (χ1n) is 8.59. The molecule has 1 amide bonds. The van der Waals surface area contributed by atoms with E-state index in [1.807, 2.05) is 44.2 Å². The Morgan fingerprint density at radius 3 is 2.56 bits per heavy atom. The van der Waals surface area contributed by atoms with Gasteiger partial charge in [0.1, 0.15) is 11.4 Å². The van der Waals surface area contributed by atoms with E-state index in [-0.39, 0.29) is 5.56 Å². The van der Waals surface area contributed by atoms with Crippen LogP contribution in [0.15, 0.2) is 47.4 Å². The first-order valence-corrected chi connectivity index (χ1v) is 8.59. The van der Waals surface area contributed by atoms with Crippen molar-refractivity contribution in [3.63, 3.8) is 0 Å². The Kier molecular flexibility index (Phi) is 3.92. The summed E-state index contributed by atoms with van der Waals surface area (Å²) in [4.78, 5) is 33.2.